The third kappa shape index (κ3) is 7.98. The van der Waals surface area contributed by atoms with Crippen molar-refractivity contribution in [1.29, 1.82) is 0 Å². The molecule has 60 valence electrons. The Balaban J connectivity index is 3.29. The van der Waals surface area contributed by atoms with E-state index in [0.717, 1.165) is 12.5 Å². The SMILES string of the molecule is C[Si](C)(Cl)CCCC(=O)O. The minimum Gasteiger partial charge on any atom is -0.481 e. The smallest absolute Gasteiger partial charge is 0.303 e. The maximum atomic E-state index is 10.1. The monoisotopic (exact) mass is 180 g/mol. The predicted molar refractivity (Wildman–Crippen MR) is 45.0 cm³/mol. The molecule has 0 aliphatic heterocycles. The van der Waals surface area contributed by atoms with Crippen molar-refractivity contribution in [3.8, 4) is 0 Å². The van der Waals surface area contributed by atoms with Crippen LogP contribution in [0, 0.1) is 0 Å². The molecule has 0 rings (SSSR count). The van der Waals surface area contributed by atoms with Crippen molar-refractivity contribution in [3.63, 3.8) is 0 Å². The Hall–Kier alpha value is -0.0231. The van der Waals surface area contributed by atoms with Gasteiger partial charge < -0.3 is 5.11 Å². The lowest BCUT2D eigenvalue weighted by atomic mass is 10.3. The van der Waals surface area contributed by atoms with E-state index in [4.69, 9.17) is 16.2 Å². The highest BCUT2D eigenvalue weighted by atomic mass is 35.6. The Morgan fingerprint density at radius 3 is 2.40 bits per heavy atom. The summed E-state index contributed by atoms with van der Waals surface area (Å²) in [6, 6.07) is 0.890. The molecule has 10 heavy (non-hydrogen) atoms. The Bertz CT molecular complexity index is 119. The summed E-state index contributed by atoms with van der Waals surface area (Å²) in [6.45, 7) is 4.05. The first-order valence-corrected chi connectivity index (χ1v) is 7.54. The minimum absolute atomic E-state index is 0.253. The van der Waals surface area contributed by atoms with Gasteiger partial charge in [0, 0.05) is 6.42 Å². The zero-order valence-electron chi connectivity index (χ0n) is 6.35. The largest absolute Gasteiger partial charge is 0.481 e. The molecule has 0 saturated heterocycles. The highest BCUT2D eigenvalue weighted by Gasteiger charge is 2.16. The molecule has 0 aliphatic carbocycles. The van der Waals surface area contributed by atoms with E-state index in [1.54, 1.807) is 0 Å². The quantitative estimate of drug-likeness (QED) is 0.533. The molecular formula is C6H13ClO2Si. The number of hydrogen-bond acceptors (Lipinski definition) is 1. The number of carboxylic acid groups (broad SMARTS) is 1. The van der Waals surface area contributed by atoms with Gasteiger partial charge in [0.1, 0.15) is 0 Å². The molecule has 0 aromatic rings. The van der Waals surface area contributed by atoms with Crippen LogP contribution in [0.2, 0.25) is 19.1 Å². The van der Waals surface area contributed by atoms with Gasteiger partial charge in [0.15, 0.2) is 7.38 Å². The van der Waals surface area contributed by atoms with Gasteiger partial charge in [-0.05, 0) is 12.5 Å². The average Bonchev–Trinajstić information content (AvgIpc) is 1.59. The van der Waals surface area contributed by atoms with Crippen molar-refractivity contribution in [2.45, 2.75) is 32.0 Å². The van der Waals surface area contributed by atoms with E-state index in [2.05, 4.69) is 0 Å². The zero-order chi connectivity index (χ0) is 8.20. The standard InChI is InChI=1S/C6H13ClO2Si/c1-10(2,7)5-3-4-6(8)9/h3-5H2,1-2H3,(H,8,9). The molecule has 0 aromatic carbocycles. The van der Waals surface area contributed by atoms with E-state index in [1.807, 2.05) is 13.1 Å². The van der Waals surface area contributed by atoms with E-state index in [-0.39, 0.29) is 6.42 Å². The summed E-state index contributed by atoms with van der Waals surface area (Å²) in [5.41, 5.74) is 0. The van der Waals surface area contributed by atoms with Crippen molar-refractivity contribution in [3.05, 3.63) is 0 Å². The third-order valence-corrected chi connectivity index (χ3v) is 3.27. The topological polar surface area (TPSA) is 37.3 Å². The summed E-state index contributed by atoms with van der Waals surface area (Å²) in [6.07, 6.45) is 0.973. The van der Waals surface area contributed by atoms with Crippen LogP contribution in [0.4, 0.5) is 0 Å². The Morgan fingerprint density at radius 2 is 2.10 bits per heavy atom. The molecule has 1 N–H and O–H groups in total. The summed E-state index contributed by atoms with van der Waals surface area (Å²) >= 11 is 5.96. The average molecular weight is 181 g/mol. The molecular weight excluding hydrogens is 168 g/mol. The van der Waals surface area contributed by atoms with Crippen LogP contribution < -0.4 is 0 Å². The molecule has 0 atom stereocenters. The summed E-state index contributed by atoms with van der Waals surface area (Å²) in [5.74, 6) is -0.727. The van der Waals surface area contributed by atoms with Crippen molar-refractivity contribution < 1.29 is 9.90 Å². The van der Waals surface area contributed by atoms with Gasteiger partial charge in [-0.15, -0.1) is 0 Å². The lowest BCUT2D eigenvalue weighted by Gasteiger charge is -2.10. The third-order valence-electron chi connectivity index (χ3n) is 1.16. The lowest BCUT2D eigenvalue weighted by molar-refractivity contribution is -0.137. The first-order chi connectivity index (χ1) is 4.42. The summed E-state index contributed by atoms with van der Waals surface area (Å²) < 4.78 is 0. The molecule has 0 spiro atoms. The lowest BCUT2D eigenvalue weighted by Crippen LogP contribution is -2.15. The molecule has 0 saturated carbocycles. The molecule has 0 fully saturated rings. The van der Waals surface area contributed by atoms with Crippen molar-refractivity contribution >= 4 is 24.4 Å². The molecule has 0 unspecified atom stereocenters. The first-order valence-electron chi connectivity index (χ1n) is 3.32. The fraction of sp³-hybridized carbons (Fsp3) is 0.833. The van der Waals surface area contributed by atoms with Gasteiger partial charge in [0.2, 0.25) is 0 Å². The van der Waals surface area contributed by atoms with Crippen LogP contribution in [-0.4, -0.2) is 18.5 Å². The van der Waals surface area contributed by atoms with Gasteiger partial charge in [-0.25, -0.2) is 0 Å². The van der Waals surface area contributed by atoms with Crippen LogP contribution in [0.1, 0.15) is 12.8 Å². The highest BCUT2D eigenvalue weighted by molar-refractivity contribution is 7.19. The first kappa shape index (κ1) is 9.98. The zero-order valence-corrected chi connectivity index (χ0v) is 8.11. The normalized spacial score (nSPS) is 11.5. The van der Waals surface area contributed by atoms with Crippen molar-refractivity contribution in [2.75, 3.05) is 0 Å². The maximum absolute atomic E-state index is 10.1. The summed E-state index contributed by atoms with van der Waals surface area (Å²) in [7, 11) is -1.52. The van der Waals surface area contributed by atoms with Gasteiger partial charge in [-0.1, -0.05) is 13.1 Å². The molecule has 0 bridgehead atoms. The van der Waals surface area contributed by atoms with Crippen LogP contribution in [0.5, 0.6) is 0 Å². The van der Waals surface area contributed by atoms with Gasteiger partial charge in [0.05, 0.1) is 0 Å². The molecule has 0 heterocycles. The van der Waals surface area contributed by atoms with Crippen LogP contribution in [0.3, 0.4) is 0 Å². The molecule has 4 heteroatoms. The highest BCUT2D eigenvalue weighted by Crippen LogP contribution is 2.17. The van der Waals surface area contributed by atoms with E-state index in [9.17, 15) is 4.79 Å². The molecule has 2 nitrogen and oxygen atoms in total. The number of rotatable bonds is 4. The molecule has 0 aromatic heterocycles. The summed E-state index contributed by atoms with van der Waals surface area (Å²) in [4.78, 5) is 10.1. The van der Waals surface area contributed by atoms with E-state index < -0.39 is 13.4 Å². The molecule has 0 aliphatic rings. The summed E-state index contributed by atoms with van der Waals surface area (Å²) in [5, 5.41) is 8.28. The van der Waals surface area contributed by atoms with Crippen molar-refractivity contribution in [2.24, 2.45) is 0 Å². The van der Waals surface area contributed by atoms with Crippen molar-refractivity contribution in [1.82, 2.24) is 0 Å². The van der Waals surface area contributed by atoms with E-state index in [1.165, 1.54) is 0 Å². The number of carboxylic acids is 1. The van der Waals surface area contributed by atoms with Gasteiger partial charge in [0.25, 0.3) is 0 Å². The van der Waals surface area contributed by atoms with Crippen LogP contribution >= 0.6 is 11.1 Å². The second kappa shape index (κ2) is 3.98. The molecule has 0 radical (unpaired) electrons. The second-order valence-corrected chi connectivity index (χ2v) is 9.97. The fourth-order valence-corrected chi connectivity index (χ4v) is 2.08. The number of carbonyl (C=O) groups is 1. The van der Waals surface area contributed by atoms with Gasteiger partial charge in [-0.3, -0.25) is 4.79 Å². The van der Waals surface area contributed by atoms with E-state index in [0.29, 0.717) is 0 Å². The Kier molecular flexibility index (Phi) is 3.97. The van der Waals surface area contributed by atoms with E-state index >= 15 is 0 Å². The molecule has 0 amide bonds. The Morgan fingerprint density at radius 1 is 1.60 bits per heavy atom. The van der Waals surface area contributed by atoms with Crippen LogP contribution in [0.15, 0.2) is 0 Å². The van der Waals surface area contributed by atoms with Gasteiger partial charge in [-0.2, -0.15) is 11.1 Å². The number of halogens is 1. The predicted octanol–water partition coefficient (Wildman–Crippen LogP) is 2.30. The fourth-order valence-electron chi connectivity index (χ4n) is 0.660. The van der Waals surface area contributed by atoms with Crippen LogP contribution in [-0.2, 0) is 4.79 Å². The Labute approximate surface area is 66.9 Å². The number of aliphatic carboxylic acids is 1. The second-order valence-electron chi connectivity index (χ2n) is 2.97. The maximum Gasteiger partial charge on any atom is 0.303 e. The minimum atomic E-state index is -1.52. The van der Waals surface area contributed by atoms with Gasteiger partial charge >= 0.3 is 5.97 Å². The number of hydrogen-bond donors (Lipinski definition) is 1. The van der Waals surface area contributed by atoms with Crippen LogP contribution in [0.25, 0.3) is 0 Å².